The molecule has 0 aromatic carbocycles. The van der Waals surface area contributed by atoms with Gasteiger partial charge in [0.15, 0.2) is 0 Å². The summed E-state index contributed by atoms with van der Waals surface area (Å²) < 4.78 is 8.62. The van der Waals surface area contributed by atoms with Gasteiger partial charge in [0.05, 0.1) is 27.1 Å². The Balaban J connectivity index is 4.10. The highest BCUT2D eigenvalue weighted by Gasteiger charge is 2.21. The molecule has 0 N–H and O–H groups in total. The van der Waals surface area contributed by atoms with E-state index < -0.39 is 11.9 Å². The summed E-state index contributed by atoms with van der Waals surface area (Å²) in [4.78, 5) is 24.1. The molecule has 0 spiro atoms. The maximum atomic E-state index is 10.8. The Labute approximate surface area is 75.1 Å². The second-order valence-electron chi connectivity index (χ2n) is 2.11. The van der Waals surface area contributed by atoms with Gasteiger partial charge < -0.3 is 15.0 Å². The van der Waals surface area contributed by atoms with Crippen LogP contribution in [0.15, 0.2) is 0 Å². The molecule has 0 saturated heterocycles. The van der Waals surface area contributed by atoms with Crippen molar-refractivity contribution in [3.8, 4) is 0 Å². The van der Waals surface area contributed by atoms with Gasteiger partial charge in [-0.15, -0.1) is 0 Å². The Morgan fingerprint density at radius 2 is 1.85 bits per heavy atom. The van der Waals surface area contributed by atoms with E-state index in [1.165, 1.54) is 7.11 Å². The van der Waals surface area contributed by atoms with E-state index in [4.69, 9.17) is 5.53 Å². The molecule has 0 aliphatic heterocycles. The second-order valence-corrected chi connectivity index (χ2v) is 2.11. The van der Waals surface area contributed by atoms with Crippen molar-refractivity contribution >= 4 is 17.7 Å². The molecule has 0 aliphatic carbocycles. The first kappa shape index (κ1) is 11.3. The summed E-state index contributed by atoms with van der Waals surface area (Å²) in [5.74, 6) is -1.24. The Morgan fingerprint density at radius 1 is 1.23 bits per heavy atom. The summed E-state index contributed by atoms with van der Waals surface area (Å²) in [5, 5.41) is 0. The zero-order chi connectivity index (χ0) is 10.3. The molecular formula is C7H10N2O4. The average molecular weight is 186 g/mol. The second kappa shape index (κ2) is 5.91. The SMILES string of the molecule is COC(=O)CCC(=[N+]=[N-])C(=O)OC. The fraction of sp³-hybridized carbons (Fsp3) is 0.571. The van der Waals surface area contributed by atoms with Gasteiger partial charge in [0.1, 0.15) is 0 Å². The van der Waals surface area contributed by atoms with Gasteiger partial charge in [-0.3, -0.25) is 4.79 Å². The lowest BCUT2D eigenvalue weighted by Gasteiger charge is -1.95. The maximum absolute atomic E-state index is 10.8. The third kappa shape index (κ3) is 4.03. The lowest BCUT2D eigenvalue weighted by atomic mass is 10.2. The van der Waals surface area contributed by atoms with E-state index in [1.807, 2.05) is 0 Å². The number of hydrogen-bond acceptors (Lipinski definition) is 4. The molecule has 0 fully saturated rings. The van der Waals surface area contributed by atoms with Crippen molar-refractivity contribution in [2.75, 3.05) is 14.2 Å². The lowest BCUT2D eigenvalue weighted by molar-refractivity contribution is -0.141. The molecular weight excluding hydrogens is 176 g/mol. The zero-order valence-corrected chi connectivity index (χ0v) is 7.44. The fourth-order valence-electron chi connectivity index (χ4n) is 0.633. The molecule has 0 aromatic heterocycles. The van der Waals surface area contributed by atoms with Crippen LogP contribution in [-0.4, -0.2) is 36.7 Å². The van der Waals surface area contributed by atoms with Crippen molar-refractivity contribution < 1.29 is 23.9 Å². The first-order valence-corrected chi connectivity index (χ1v) is 3.51. The molecule has 0 aliphatic rings. The molecule has 0 heterocycles. The van der Waals surface area contributed by atoms with E-state index in [2.05, 4.69) is 14.3 Å². The number of rotatable bonds is 4. The van der Waals surface area contributed by atoms with E-state index >= 15 is 0 Å². The van der Waals surface area contributed by atoms with Crippen molar-refractivity contribution in [2.24, 2.45) is 0 Å². The van der Waals surface area contributed by atoms with Crippen LogP contribution in [0.2, 0.25) is 0 Å². The van der Waals surface area contributed by atoms with Crippen molar-refractivity contribution in [3.05, 3.63) is 5.53 Å². The number of methoxy groups -OCH3 is 2. The van der Waals surface area contributed by atoms with Crippen LogP contribution in [0.3, 0.4) is 0 Å². The van der Waals surface area contributed by atoms with E-state index in [1.54, 1.807) is 0 Å². The molecule has 6 heteroatoms. The molecule has 72 valence electrons. The smallest absolute Gasteiger partial charge is 0.416 e. The van der Waals surface area contributed by atoms with Crippen LogP contribution >= 0.6 is 0 Å². The quantitative estimate of drug-likeness (QED) is 0.263. The van der Waals surface area contributed by atoms with Crippen LogP contribution in [0, 0.1) is 0 Å². The number of hydrogen-bond donors (Lipinski definition) is 0. The van der Waals surface area contributed by atoms with Gasteiger partial charge in [-0.1, -0.05) is 0 Å². The first-order valence-electron chi connectivity index (χ1n) is 3.51. The van der Waals surface area contributed by atoms with Crippen molar-refractivity contribution in [2.45, 2.75) is 12.8 Å². The van der Waals surface area contributed by atoms with Gasteiger partial charge in [0, 0.05) is 0 Å². The van der Waals surface area contributed by atoms with Gasteiger partial charge >= 0.3 is 17.7 Å². The summed E-state index contributed by atoms with van der Waals surface area (Å²) >= 11 is 0. The summed E-state index contributed by atoms with van der Waals surface area (Å²) in [6.45, 7) is 0. The molecule has 0 atom stereocenters. The van der Waals surface area contributed by atoms with Gasteiger partial charge in [0.2, 0.25) is 0 Å². The lowest BCUT2D eigenvalue weighted by Crippen LogP contribution is -2.18. The summed E-state index contributed by atoms with van der Waals surface area (Å²) in [5.41, 5.74) is 8.15. The highest BCUT2D eigenvalue weighted by molar-refractivity contribution is 6.34. The third-order valence-corrected chi connectivity index (χ3v) is 1.34. The van der Waals surface area contributed by atoms with E-state index in [0.717, 1.165) is 7.11 Å². The minimum Gasteiger partial charge on any atom is -0.469 e. The molecule has 0 unspecified atom stereocenters. The Hall–Kier alpha value is -1.68. The molecule has 13 heavy (non-hydrogen) atoms. The minimum absolute atomic E-state index is 0.00412. The van der Waals surface area contributed by atoms with Gasteiger partial charge in [-0.05, 0) is 0 Å². The number of carbonyl (C=O) groups excluding carboxylic acids is 2. The number of esters is 2. The first-order chi connectivity index (χ1) is 6.15. The fourth-order valence-corrected chi connectivity index (χ4v) is 0.633. The maximum Gasteiger partial charge on any atom is 0.416 e. The van der Waals surface area contributed by atoms with Crippen LogP contribution in [0.1, 0.15) is 12.8 Å². The number of nitrogens with zero attached hydrogens (tertiary/aromatic N) is 2. The standard InChI is InChI=1S/C7H10N2O4/c1-12-6(10)4-3-5(9-8)7(11)13-2/h3-4H2,1-2H3. The molecule has 0 rings (SSSR count). The van der Waals surface area contributed by atoms with Crippen LogP contribution in [-0.2, 0) is 19.1 Å². The predicted octanol–water partition coefficient (Wildman–Crippen LogP) is -0.217. The Bertz CT molecular complexity index is 255. The number of carbonyl (C=O) groups is 2. The zero-order valence-electron chi connectivity index (χ0n) is 7.44. The van der Waals surface area contributed by atoms with Crippen molar-refractivity contribution in [1.82, 2.24) is 0 Å². The van der Waals surface area contributed by atoms with Crippen LogP contribution in [0.5, 0.6) is 0 Å². The third-order valence-electron chi connectivity index (χ3n) is 1.34. The van der Waals surface area contributed by atoms with Crippen LogP contribution < -0.4 is 0 Å². The topological polar surface area (TPSA) is 89.0 Å². The molecule has 0 bridgehead atoms. The molecule has 0 saturated carbocycles. The normalized spacial score (nSPS) is 8.46. The van der Waals surface area contributed by atoms with E-state index in [-0.39, 0.29) is 18.6 Å². The molecule has 0 amide bonds. The summed E-state index contributed by atoms with van der Waals surface area (Å²) in [7, 11) is 2.39. The van der Waals surface area contributed by atoms with Gasteiger partial charge in [0.25, 0.3) is 0 Å². The Morgan fingerprint density at radius 3 is 2.23 bits per heavy atom. The number of ether oxygens (including phenoxy) is 2. The van der Waals surface area contributed by atoms with Crippen LogP contribution in [0.25, 0.3) is 5.53 Å². The summed E-state index contributed by atoms with van der Waals surface area (Å²) in [6.07, 6.45) is -0.0269. The van der Waals surface area contributed by atoms with Gasteiger partial charge in [-0.25, -0.2) is 4.79 Å². The van der Waals surface area contributed by atoms with Crippen molar-refractivity contribution in [1.29, 1.82) is 0 Å². The van der Waals surface area contributed by atoms with E-state index in [9.17, 15) is 9.59 Å². The average Bonchev–Trinajstić information content (AvgIpc) is 2.17. The highest BCUT2D eigenvalue weighted by atomic mass is 16.5. The largest absolute Gasteiger partial charge is 0.469 e. The molecule has 0 aromatic rings. The van der Waals surface area contributed by atoms with E-state index in [0.29, 0.717) is 0 Å². The van der Waals surface area contributed by atoms with Crippen molar-refractivity contribution in [3.63, 3.8) is 0 Å². The predicted molar refractivity (Wildman–Crippen MR) is 41.9 cm³/mol. The molecule has 6 nitrogen and oxygen atoms in total. The van der Waals surface area contributed by atoms with Crippen LogP contribution in [0.4, 0.5) is 0 Å². The highest BCUT2D eigenvalue weighted by Crippen LogP contribution is 1.94. The monoisotopic (exact) mass is 186 g/mol. The minimum atomic E-state index is -0.758. The Kier molecular flexibility index (Phi) is 5.14. The van der Waals surface area contributed by atoms with Gasteiger partial charge in [-0.2, -0.15) is 4.79 Å². The molecule has 0 radical (unpaired) electrons. The summed E-state index contributed by atoms with van der Waals surface area (Å²) in [6, 6.07) is 0.